The summed E-state index contributed by atoms with van der Waals surface area (Å²) in [6, 6.07) is 7.96. The van der Waals surface area contributed by atoms with Crippen molar-refractivity contribution in [1.82, 2.24) is 35.1 Å². The van der Waals surface area contributed by atoms with Gasteiger partial charge in [-0.2, -0.15) is 0 Å². The van der Waals surface area contributed by atoms with E-state index in [4.69, 9.17) is 4.74 Å². The SMILES string of the molecule is CC(C)CN1CCC2(CC1)CNCC(C(=O)c1ccc(CN(Cc3ncc[nH]3)Cc3ncc[nH]3)cc1)O2. The number of Topliss-reactive ketones (excluding diaryl/α,β-unsaturated/α-hetero) is 1. The Kier molecular flexibility index (Phi) is 8.14. The van der Waals surface area contributed by atoms with E-state index in [1.807, 2.05) is 36.7 Å². The van der Waals surface area contributed by atoms with Crippen LogP contribution in [0.4, 0.5) is 0 Å². The van der Waals surface area contributed by atoms with Crippen LogP contribution in [0.25, 0.3) is 0 Å². The second-order valence-electron chi connectivity index (χ2n) is 10.9. The van der Waals surface area contributed by atoms with Crippen molar-refractivity contribution in [2.45, 2.75) is 58.0 Å². The normalized spacial score (nSPS) is 20.2. The van der Waals surface area contributed by atoms with Crippen molar-refractivity contribution in [1.29, 1.82) is 0 Å². The van der Waals surface area contributed by atoms with Crippen molar-refractivity contribution in [3.63, 3.8) is 0 Å². The molecule has 2 aromatic heterocycles. The number of carbonyl (C=O) groups excluding carboxylic acids is 1. The zero-order chi connectivity index (χ0) is 25.7. The Hall–Kier alpha value is -2.85. The zero-order valence-electron chi connectivity index (χ0n) is 21.9. The van der Waals surface area contributed by atoms with E-state index >= 15 is 0 Å². The van der Waals surface area contributed by atoms with Gasteiger partial charge in [0.25, 0.3) is 0 Å². The first-order chi connectivity index (χ1) is 18.0. The van der Waals surface area contributed by atoms with Crippen molar-refractivity contribution < 1.29 is 9.53 Å². The Balaban J connectivity index is 1.20. The van der Waals surface area contributed by atoms with E-state index in [1.165, 1.54) is 0 Å². The lowest BCUT2D eigenvalue weighted by Gasteiger charge is -2.46. The number of hydrogen-bond donors (Lipinski definition) is 3. The monoisotopic (exact) mass is 505 g/mol. The van der Waals surface area contributed by atoms with Gasteiger partial charge in [-0.3, -0.25) is 9.69 Å². The van der Waals surface area contributed by atoms with Gasteiger partial charge in [0.05, 0.1) is 18.7 Å². The number of aromatic amines is 2. The Morgan fingerprint density at radius 2 is 1.70 bits per heavy atom. The molecule has 0 aliphatic carbocycles. The van der Waals surface area contributed by atoms with Crippen LogP contribution in [-0.2, 0) is 24.4 Å². The molecule has 1 unspecified atom stereocenters. The minimum absolute atomic E-state index is 0.0609. The standard InChI is InChI=1S/C28H39N7O2/c1-21(2)16-34-13-7-28(8-14-34)20-29-15-24(37-28)27(36)23-5-3-22(4-6-23)17-35(18-25-30-9-10-31-25)19-26-32-11-12-33-26/h3-6,9-12,21,24,29H,7-8,13-20H2,1-2H3,(H,30,31)(H,32,33). The Morgan fingerprint density at radius 3 is 2.27 bits per heavy atom. The number of aromatic nitrogens is 4. The van der Waals surface area contributed by atoms with Crippen LogP contribution in [0, 0.1) is 5.92 Å². The number of nitrogens with one attached hydrogen (secondary N) is 3. The van der Waals surface area contributed by atoms with Gasteiger partial charge in [-0.25, -0.2) is 9.97 Å². The molecule has 3 aromatic rings. The minimum atomic E-state index is -0.439. The van der Waals surface area contributed by atoms with Crippen molar-refractivity contribution in [2.24, 2.45) is 5.92 Å². The molecule has 0 saturated carbocycles. The van der Waals surface area contributed by atoms with Gasteiger partial charge >= 0.3 is 0 Å². The number of piperidine rings is 1. The van der Waals surface area contributed by atoms with E-state index in [0.29, 0.717) is 37.7 Å². The molecule has 1 aromatic carbocycles. The van der Waals surface area contributed by atoms with Gasteiger partial charge in [-0.15, -0.1) is 0 Å². The minimum Gasteiger partial charge on any atom is -0.361 e. The average Bonchev–Trinajstić information content (AvgIpc) is 3.60. The van der Waals surface area contributed by atoms with Gasteiger partial charge in [-0.05, 0) is 24.3 Å². The highest BCUT2D eigenvalue weighted by atomic mass is 16.5. The molecule has 2 aliphatic heterocycles. The molecule has 2 aliphatic rings. The van der Waals surface area contributed by atoms with Gasteiger partial charge < -0.3 is 24.9 Å². The molecular weight excluding hydrogens is 466 g/mol. The first kappa shape index (κ1) is 25.8. The summed E-state index contributed by atoms with van der Waals surface area (Å²) >= 11 is 0. The largest absolute Gasteiger partial charge is 0.361 e. The number of nitrogens with zero attached hydrogens (tertiary/aromatic N) is 4. The molecule has 2 fully saturated rings. The van der Waals surface area contributed by atoms with Crippen LogP contribution >= 0.6 is 0 Å². The zero-order valence-corrected chi connectivity index (χ0v) is 21.9. The fourth-order valence-electron chi connectivity index (χ4n) is 5.50. The molecule has 0 bridgehead atoms. The van der Waals surface area contributed by atoms with Crippen LogP contribution < -0.4 is 5.32 Å². The molecule has 4 heterocycles. The Morgan fingerprint density at radius 1 is 1.05 bits per heavy atom. The van der Waals surface area contributed by atoms with Crippen LogP contribution in [0.15, 0.2) is 49.1 Å². The van der Waals surface area contributed by atoms with Crippen LogP contribution in [0.5, 0.6) is 0 Å². The fraction of sp³-hybridized carbons (Fsp3) is 0.536. The molecule has 2 saturated heterocycles. The number of imidazole rings is 2. The number of hydrogen-bond acceptors (Lipinski definition) is 7. The van der Waals surface area contributed by atoms with Crippen LogP contribution in [0.1, 0.15) is 54.3 Å². The second kappa shape index (κ2) is 11.7. The smallest absolute Gasteiger partial charge is 0.192 e. The maximum Gasteiger partial charge on any atom is 0.192 e. The molecule has 0 amide bonds. The van der Waals surface area contributed by atoms with Gasteiger partial charge in [0.2, 0.25) is 0 Å². The first-order valence-corrected chi connectivity index (χ1v) is 13.4. The third-order valence-electron chi connectivity index (χ3n) is 7.35. The summed E-state index contributed by atoms with van der Waals surface area (Å²) in [4.78, 5) is 33.3. The molecule has 0 radical (unpaired) electrons. The number of carbonyl (C=O) groups is 1. The summed E-state index contributed by atoms with van der Waals surface area (Å²) in [5, 5.41) is 3.49. The Bertz CT molecular complexity index is 1070. The van der Waals surface area contributed by atoms with Gasteiger partial charge in [0.1, 0.15) is 17.8 Å². The summed E-state index contributed by atoms with van der Waals surface area (Å²) in [6.45, 7) is 11.2. The molecular formula is C28H39N7O2. The number of ketones is 1. The predicted molar refractivity (Wildman–Crippen MR) is 142 cm³/mol. The van der Waals surface area contributed by atoms with Gasteiger partial charge in [-0.1, -0.05) is 38.1 Å². The molecule has 1 spiro atoms. The number of ether oxygens (including phenoxy) is 1. The van der Waals surface area contributed by atoms with Crippen LogP contribution in [0.2, 0.25) is 0 Å². The molecule has 9 nitrogen and oxygen atoms in total. The van der Waals surface area contributed by atoms with Crippen molar-refractivity contribution in [2.75, 3.05) is 32.7 Å². The number of benzene rings is 1. The molecule has 1 atom stereocenters. The van der Waals surface area contributed by atoms with Crippen LogP contribution in [0.3, 0.4) is 0 Å². The quantitative estimate of drug-likeness (QED) is 0.364. The van der Waals surface area contributed by atoms with Crippen LogP contribution in [-0.4, -0.2) is 79.9 Å². The molecule has 198 valence electrons. The first-order valence-electron chi connectivity index (χ1n) is 13.4. The number of H-pyrrole nitrogens is 2. The predicted octanol–water partition coefficient (Wildman–Crippen LogP) is 3.00. The van der Waals surface area contributed by atoms with E-state index < -0.39 is 6.10 Å². The van der Waals surface area contributed by atoms with Crippen molar-refractivity contribution in [3.8, 4) is 0 Å². The van der Waals surface area contributed by atoms with Crippen molar-refractivity contribution >= 4 is 5.78 Å². The molecule has 9 heteroatoms. The molecule has 37 heavy (non-hydrogen) atoms. The summed E-state index contributed by atoms with van der Waals surface area (Å²) in [5.41, 5.74) is 1.60. The van der Waals surface area contributed by atoms with E-state index in [2.05, 4.69) is 48.9 Å². The highest BCUT2D eigenvalue weighted by Gasteiger charge is 2.42. The maximum absolute atomic E-state index is 13.4. The highest BCUT2D eigenvalue weighted by molar-refractivity contribution is 5.99. The highest BCUT2D eigenvalue weighted by Crippen LogP contribution is 2.31. The molecule has 5 rings (SSSR count). The third-order valence-corrected chi connectivity index (χ3v) is 7.35. The Labute approximate surface area is 219 Å². The summed E-state index contributed by atoms with van der Waals surface area (Å²) < 4.78 is 6.53. The lowest BCUT2D eigenvalue weighted by molar-refractivity contribution is -0.127. The lowest BCUT2D eigenvalue weighted by Crippen LogP contribution is -2.60. The lowest BCUT2D eigenvalue weighted by atomic mass is 9.88. The second-order valence-corrected chi connectivity index (χ2v) is 10.9. The van der Waals surface area contributed by atoms with Crippen molar-refractivity contribution in [3.05, 3.63) is 71.8 Å². The summed E-state index contributed by atoms with van der Waals surface area (Å²) in [5.74, 6) is 2.54. The fourth-order valence-corrected chi connectivity index (χ4v) is 5.50. The van der Waals surface area contributed by atoms with E-state index in [1.54, 1.807) is 12.4 Å². The van der Waals surface area contributed by atoms with Gasteiger partial charge in [0, 0.05) is 69.6 Å². The summed E-state index contributed by atoms with van der Waals surface area (Å²) in [7, 11) is 0. The number of rotatable bonds is 10. The molecule has 3 N–H and O–H groups in total. The van der Waals surface area contributed by atoms with Gasteiger partial charge in [0.15, 0.2) is 5.78 Å². The van der Waals surface area contributed by atoms with E-state index in [9.17, 15) is 4.79 Å². The maximum atomic E-state index is 13.4. The van der Waals surface area contributed by atoms with E-state index in [0.717, 1.165) is 56.2 Å². The number of morpholine rings is 1. The third kappa shape index (κ3) is 6.73. The summed E-state index contributed by atoms with van der Waals surface area (Å²) in [6.07, 6.45) is 8.70. The number of likely N-dealkylation sites (tertiary alicyclic amines) is 1. The van der Waals surface area contributed by atoms with E-state index in [-0.39, 0.29) is 11.4 Å². The topological polar surface area (TPSA) is 102 Å². The average molecular weight is 506 g/mol.